The second-order valence-corrected chi connectivity index (χ2v) is 8.78. The molecule has 8 nitrogen and oxygen atoms in total. The lowest BCUT2D eigenvalue weighted by atomic mass is 9.79. The standard InChI is InChI=1S/C26H27N5O3/c32-26(33)23(31-25-21-5-1-2-6-22(21)28-16-29-25)11-13-34-20-14-17(15-20)7-9-19-10-8-18-4-3-12-27-24(18)30-19/h1-6,8,10,12,16-17,20,23H,7,9,11,13-15H2,(H,32,33)(H,28,29,31). The van der Waals surface area contributed by atoms with Crippen LogP contribution in [0.15, 0.2) is 61.1 Å². The Morgan fingerprint density at radius 2 is 1.97 bits per heavy atom. The van der Waals surface area contributed by atoms with Crippen molar-refractivity contribution in [3.8, 4) is 0 Å². The molecule has 5 rings (SSSR count). The number of carboxylic acid groups (broad SMARTS) is 1. The van der Waals surface area contributed by atoms with Gasteiger partial charge in [-0.15, -0.1) is 0 Å². The lowest BCUT2D eigenvalue weighted by Gasteiger charge is -2.35. The van der Waals surface area contributed by atoms with E-state index in [1.54, 1.807) is 6.20 Å². The third-order valence-electron chi connectivity index (χ3n) is 6.43. The average molecular weight is 458 g/mol. The molecule has 0 saturated heterocycles. The Morgan fingerprint density at radius 3 is 2.85 bits per heavy atom. The molecule has 2 N–H and O–H groups in total. The van der Waals surface area contributed by atoms with Crippen LogP contribution in [0.1, 0.15) is 31.4 Å². The number of ether oxygens (including phenoxy) is 1. The largest absolute Gasteiger partial charge is 0.480 e. The van der Waals surface area contributed by atoms with Crippen LogP contribution in [0.4, 0.5) is 5.82 Å². The molecule has 3 aromatic heterocycles. The van der Waals surface area contributed by atoms with Crippen LogP contribution in [0.2, 0.25) is 0 Å². The normalized spacial score (nSPS) is 18.5. The monoisotopic (exact) mass is 457 g/mol. The van der Waals surface area contributed by atoms with Gasteiger partial charge in [0, 0.05) is 35.7 Å². The molecule has 1 unspecified atom stereocenters. The molecule has 34 heavy (non-hydrogen) atoms. The van der Waals surface area contributed by atoms with Crippen LogP contribution in [0.5, 0.6) is 0 Å². The molecule has 1 aliphatic carbocycles. The zero-order valence-corrected chi connectivity index (χ0v) is 18.8. The first-order valence-corrected chi connectivity index (χ1v) is 11.7. The summed E-state index contributed by atoms with van der Waals surface area (Å²) in [5.41, 5.74) is 2.64. The molecular formula is C26H27N5O3. The number of fused-ring (bicyclic) bond motifs is 2. The Labute approximate surface area is 197 Å². The zero-order valence-electron chi connectivity index (χ0n) is 18.8. The van der Waals surface area contributed by atoms with Crippen LogP contribution < -0.4 is 5.32 Å². The number of pyridine rings is 2. The first-order valence-electron chi connectivity index (χ1n) is 11.7. The van der Waals surface area contributed by atoms with Gasteiger partial charge in [0.05, 0.1) is 11.6 Å². The molecule has 1 aromatic carbocycles. The van der Waals surface area contributed by atoms with Gasteiger partial charge in [-0.1, -0.05) is 12.1 Å². The molecule has 4 aromatic rings. The first-order chi connectivity index (χ1) is 16.7. The zero-order chi connectivity index (χ0) is 23.3. The van der Waals surface area contributed by atoms with Crippen molar-refractivity contribution in [1.82, 2.24) is 19.9 Å². The molecule has 1 saturated carbocycles. The van der Waals surface area contributed by atoms with Gasteiger partial charge in [0.1, 0.15) is 18.2 Å². The summed E-state index contributed by atoms with van der Waals surface area (Å²) in [4.78, 5) is 29.2. The van der Waals surface area contributed by atoms with Gasteiger partial charge in [0.25, 0.3) is 0 Å². The molecule has 0 spiro atoms. The number of para-hydroxylation sites is 1. The fraction of sp³-hybridized carbons (Fsp3) is 0.346. The number of nitrogens with zero attached hydrogens (tertiary/aromatic N) is 4. The van der Waals surface area contributed by atoms with E-state index < -0.39 is 12.0 Å². The van der Waals surface area contributed by atoms with Gasteiger partial charge in [0.2, 0.25) is 0 Å². The van der Waals surface area contributed by atoms with Crippen molar-refractivity contribution in [2.45, 2.75) is 44.2 Å². The SMILES string of the molecule is O=C(O)C(CCOC1CC(CCc2ccc3cccnc3n2)C1)Nc1ncnc2ccccc12. The summed E-state index contributed by atoms with van der Waals surface area (Å²) < 4.78 is 5.96. The van der Waals surface area contributed by atoms with Crippen LogP contribution in [0.25, 0.3) is 21.9 Å². The van der Waals surface area contributed by atoms with Gasteiger partial charge in [-0.05, 0) is 68.0 Å². The summed E-state index contributed by atoms with van der Waals surface area (Å²) in [6, 6.07) is 14.9. The van der Waals surface area contributed by atoms with Crippen molar-refractivity contribution in [2.75, 3.05) is 11.9 Å². The first kappa shape index (κ1) is 22.2. The van der Waals surface area contributed by atoms with Crippen LogP contribution in [-0.2, 0) is 16.0 Å². The summed E-state index contributed by atoms with van der Waals surface area (Å²) >= 11 is 0. The number of hydrogen-bond donors (Lipinski definition) is 2. The van der Waals surface area contributed by atoms with Gasteiger partial charge in [-0.2, -0.15) is 0 Å². The number of hydrogen-bond acceptors (Lipinski definition) is 7. The van der Waals surface area contributed by atoms with Gasteiger partial charge in [-0.25, -0.2) is 24.7 Å². The van der Waals surface area contributed by atoms with Crippen LogP contribution >= 0.6 is 0 Å². The lowest BCUT2D eigenvalue weighted by Crippen LogP contribution is -2.35. The number of carboxylic acids is 1. The minimum atomic E-state index is -0.921. The number of carbonyl (C=O) groups is 1. The predicted molar refractivity (Wildman–Crippen MR) is 130 cm³/mol. The summed E-state index contributed by atoms with van der Waals surface area (Å²) in [6.07, 6.45) is 7.80. The smallest absolute Gasteiger partial charge is 0.326 e. The van der Waals surface area contributed by atoms with Crippen molar-refractivity contribution in [1.29, 1.82) is 0 Å². The maximum Gasteiger partial charge on any atom is 0.326 e. The van der Waals surface area contributed by atoms with E-state index in [0.29, 0.717) is 24.8 Å². The second-order valence-electron chi connectivity index (χ2n) is 8.78. The molecule has 3 heterocycles. The Morgan fingerprint density at radius 1 is 1.09 bits per heavy atom. The van der Waals surface area contributed by atoms with Crippen molar-refractivity contribution in [2.24, 2.45) is 5.92 Å². The summed E-state index contributed by atoms with van der Waals surface area (Å²) in [5.74, 6) is 0.223. The maximum atomic E-state index is 11.8. The summed E-state index contributed by atoms with van der Waals surface area (Å²) in [6.45, 7) is 0.391. The number of rotatable bonds is 10. The molecule has 0 radical (unpaired) electrons. The van der Waals surface area contributed by atoms with E-state index in [2.05, 4.69) is 37.4 Å². The summed E-state index contributed by atoms with van der Waals surface area (Å²) in [7, 11) is 0. The van der Waals surface area contributed by atoms with E-state index in [-0.39, 0.29) is 6.10 Å². The van der Waals surface area contributed by atoms with Crippen LogP contribution in [-0.4, -0.2) is 49.8 Å². The molecule has 1 fully saturated rings. The van der Waals surface area contributed by atoms with Gasteiger partial charge in [-0.3, -0.25) is 0 Å². The number of aliphatic carboxylic acids is 1. The molecule has 8 heteroatoms. The number of benzene rings is 1. The number of aryl methyl sites for hydroxylation is 1. The van der Waals surface area contributed by atoms with E-state index in [1.165, 1.54) is 6.33 Å². The second kappa shape index (κ2) is 10.1. The molecule has 1 atom stereocenters. The quantitative estimate of drug-likeness (QED) is 0.364. The van der Waals surface area contributed by atoms with E-state index in [0.717, 1.165) is 53.3 Å². The van der Waals surface area contributed by atoms with E-state index in [9.17, 15) is 9.90 Å². The van der Waals surface area contributed by atoms with Gasteiger partial charge >= 0.3 is 5.97 Å². The maximum absolute atomic E-state index is 11.8. The topological polar surface area (TPSA) is 110 Å². The Bertz CT molecular complexity index is 1290. The Kier molecular flexibility index (Phi) is 6.58. The lowest BCUT2D eigenvalue weighted by molar-refractivity contribution is -0.138. The van der Waals surface area contributed by atoms with Gasteiger partial charge in [0.15, 0.2) is 5.65 Å². The van der Waals surface area contributed by atoms with Crippen LogP contribution in [0, 0.1) is 5.92 Å². The highest BCUT2D eigenvalue weighted by atomic mass is 16.5. The third-order valence-corrected chi connectivity index (χ3v) is 6.43. The van der Waals surface area contributed by atoms with Crippen LogP contribution in [0.3, 0.4) is 0 Å². The molecule has 174 valence electrons. The molecular weight excluding hydrogens is 430 g/mol. The molecule has 0 amide bonds. The summed E-state index contributed by atoms with van der Waals surface area (Å²) in [5, 5.41) is 14.6. The van der Waals surface area contributed by atoms with E-state index in [4.69, 9.17) is 4.74 Å². The Balaban J connectivity index is 1.06. The highest BCUT2D eigenvalue weighted by Gasteiger charge is 2.30. The number of aromatic nitrogens is 4. The fourth-order valence-electron chi connectivity index (χ4n) is 4.42. The molecule has 0 aliphatic heterocycles. The highest BCUT2D eigenvalue weighted by Crippen LogP contribution is 2.34. The minimum absolute atomic E-state index is 0.200. The third kappa shape index (κ3) is 5.12. The minimum Gasteiger partial charge on any atom is -0.480 e. The highest BCUT2D eigenvalue weighted by molar-refractivity contribution is 5.90. The number of anilines is 1. The predicted octanol–water partition coefficient (Wildman–Crippen LogP) is 4.26. The Hall–Kier alpha value is -3.65. The molecule has 1 aliphatic rings. The van der Waals surface area contributed by atoms with E-state index in [1.807, 2.05) is 36.4 Å². The van der Waals surface area contributed by atoms with Crippen molar-refractivity contribution in [3.05, 3.63) is 66.7 Å². The van der Waals surface area contributed by atoms with E-state index >= 15 is 0 Å². The fourth-order valence-corrected chi connectivity index (χ4v) is 4.42. The average Bonchev–Trinajstić information content (AvgIpc) is 2.84. The van der Waals surface area contributed by atoms with Crippen molar-refractivity contribution < 1.29 is 14.6 Å². The van der Waals surface area contributed by atoms with Crippen molar-refractivity contribution >= 4 is 33.7 Å². The molecule has 0 bridgehead atoms. The van der Waals surface area contributed by atoms with Crippen molar-refractivity contribution in [3.63, 3.8) is 0 Å². The number of nitrogens with one attached hydrogen (secondary N) is 1. The van der Waals surface area contributed by atoms with Gasteiger partial charge < -0.3 is 15.2 Å².